The van der Waals surface area contributed by atoms with Gasteiger partial charge in [-0.2, -0.15) is 0 Å². The molecule has 148 valence electrons. The molecule has 4 rings (SSSR count). The molecule has 0 saturated carbocycles. The summed E-state index contributed by atoms with van der Waals surface area (Å²) in [5.41, 5.74) is 4.28. The Balaban J connectivity index is 1.36. The van der Waals surface area contributed by atoms with Gasteiger partial charge in [0.05, 0.1) is 11.9 Å². The molecule has 0 aliphatic carbocycles. The van der Waals surface area contributed by atoms with E-state index in [2.05, 4.69) is 52.0 Å². The number of carbonyl (C=O) groups is 1. The van der Waals surface area contributed by atoms with E-state index in [9.17, 15) is 4.79 Å². The number of hydrogen-bond acceptors (Lipinski definition) is 4. The van der Waals surface area contributed by atoms with Crippen LogP contribution in [-0.2, 0) is 0 Å². The van der Waals surface area contributed by atoms with E-state index in [0.29, 0.717) is 5.69 Å². The van der Waals surface area contributed by atoms with Crippen LogP contribution in [0.1, 0.15) is 41.7 Å². The van der Waals surface area contributed by atoms with Crippen molar-refractivity contribution >= 4 is 17.3 Å². The summed E-state index contributed by atoms with van der Waals surface area (Å²) in [6.07, 6.45) is 6.53. The predicted molar refractivity (Wildman–Crippen MR) is 114 cm³/mol. The van der Waals surface area contributed by atoms with Gasteiger partial charge in [-0.15, -0.1) is 0 Å². The molecule has 28 heavy (non-hydrogen) atoms. The molecule has 2 aliphatic rings. The smallest absolute Gasteiger partial charge is 0.272 e. The van der Waals surface area contributed by atoms with Crippen LogP contribution >= 0.6 is 0 Å². The average molecular weight is 379 g/mol. The first-order valence-corrected chi connectivity index (χ1v) is 10.5. The Morgan fingerprint density at radius 2 is 1.50 bits per heavy atom. The quantitative estimate of drug-likeness (QED) is 0.816. The summed E-state index contributed by atoms with van der Waals surface area (Å²) < 4.78 is 0. The molecule has 2 fully saturated rings. The lowest BCUT2D eigenvalue weighted by molar-refractivity contribution is 0.0756. The summed E-state index contributed by atoms with van der Waals surface area (Å²) >= 11 is 0. The number of pyridine rings is 1. The molecule has 0 radical (unpaired) electrons. The van der Waals surface area contributed by atoms with Crippen molar-refractivity contribution in [3.63, 3.8) is 0 Å². The van der Waals surface area contributed by atoms with E-state index in [1.54, 1.807) is 0 Å². The first-order valence-electron chi connectivity index (χ1n) is 10.5. The highest BCUT2D eigenvalue weighted by Gasteiger charge is 2.20. The van der Waals surface area contributed by atoms with E-state index >= 15 is 0 Å². The molecule has 5 heteroatoms. The lowest BCUT2D eigenvalue weighted by Gasteiger charge is -2.37. The molecule has 3 heterocycles. The number of aromatic nitrogens is 1. The van der Waals surface area contributed by atoms with E-state index in [1.807, 2.05) is 17.2 Å². The van der Waals surface area contributed by atoms with Gasteiger partial charge in [0.1, 0.15) is 5.69 Å². The van der Waals surface area contributed by atoms with Crippen LogP contribution in [0, 0.1) is 6.92 Å². The summed E-state index contributed by atoms with van der Waals surface area (Å²) in [4.78, 5) is 24.0. The van der Waals surface area contributed by atoms with Crippen molar-refractivity contribution in [3.8, 4) is 0 Å². The van der Waals surface area contributed by atoms with Crippen molar-refractivity contribution in [3.05, 3.63) is 53.9 Å². The van der Waals surface area contributed by atoms with E-state index in [-0.39, 0.29) is 5.91 Å². The zero-order chi connectivity index (χ0) is 19.3. The normalized spacial score (nSPS) is 18.1. The zero-order valence-electron chi connectivity index (χ0n) is 16.8. The molecule has 2 aromatic rings. The molecule has 5 nitrogen and oxygen atoms in total. The second-order valence-electron chi connectivity index (χ2n) is 7.92. The van der Waals surface area contributed by atoms with E-state index in [0.717, 1.165) is 57.8 Å². The van der Waals surface area contributed by atoms with Gasteiger partial charge in [0.15, 0.2) is 0 Å². The van der Waals surface area contributed by atoms with Crippen molar-refractivity contribution in [2.75, 3.05) is 49.1 Å². The monoisotopic (exact) mass is 378 g/mol. The number of piperazine rings is 1. The summed E-state index contributed by atoms with van der Waals surface area (Å²) in [6, 6.07) is 12.7. The van der Waals surface area contributed by atoms with Crippen molar-refractivity contribution < 1.29 is 4.79 Å². The van der Waals surface area contributed by atoms with Gasteiger partial charge < -0.3 is 14.7 Å². The van der Waals surface area contributed by atoms with Gasteiger partial charge in [-0.05, 0) is 49.6 Å². The Kier molecular flexibility index (Phi) is 5.79. The molecule has 0 spiro atoms. The summed E-state index contributed by atoms with van der Waals surface area (Å²) in [6.45, 7) is 7.80. The van der Waals surface area contributed by atoms with Crippen LogP contribution in [0.4, 0.5) is 11.4 Å². The molecule has 2 aliphatic heterocycles. The van der Waals surface area contributed by atoms with Crippen molar-refractivity contribution in [1.29, 1.82) is 0 Å². The number of carbonyl (C=O) groups excluding carboxylic acids is 1. The third kappa shape index (κ3) is 4.29. The van der Waals surface area contributed by atoms with Crippen molar-refractivity contribution in [1.82, 2.24) is 9.88 Å². The minimum Gasteiger partial charge on any atom is -0.368 e. The van der Waals surface area contributed by atoms with Gasteiger partial charge in [0.25, 0.3) is 5.91 Å². The molecular weight excluding hydrogens is 348 g/mol. The van der Waals surface area contributed by atoms with Gasteiger partial charge in [-0.25, -0.2) is 4.98 Å². The van der Waals surface area contributed by atoms with Gasteiger partial charge in [-0.1, -0.05) is 25.0 Å². The molecule has 2 saturated heterocycles. The van der Waals surface area contributed by atoms with Crippen LogP contribution < -0.4 is 9.80 Å². The molecule has 0 unspecified atom stereocenters. The zero-order valence-corrected chi connectivity index (χ0v) is 16.8. The highest BCUT2D eigenvalue weighted by atomic mass is 16.2. The third-order valence-electron chi connectivity index (χ3n) is 5.87. The molecular formula is C23H30N4O. The number of benzene rings is 1. The fourth-order valence-electron chi connectivity index (χ4n) is 4.18. The maximum Gasteiger partial charge on any atom is 0.272 e. The van der Waals surface area contributed by atoms with E-state index in [4.69, 9.17) is 0 Å². The number of amides is 1. The second-order valence-corrected chi connectivity index (χ2v) is 7.92. The summed E-state index contributed by atoms with van der Waals surface area (Å²) in [5.74, 6) is 0.0812. The Bertz CT molecular complexity index is 789. The average Bonchev–Trinajstić information content (AvgIpc) is 3.03. The highest BCUT2D eigenvalue weighted by Crippen LogP contribution is 2.21. The van der Waals surface area contributed by atoms with Crippen LogP contribution in [0.25, 0.3) is 0 Å². The van der Waals surface area contributed by atoms with Gasteiger partial charge in [0, 0.05) is 45.0 Å². The fraction of sp³-hybridized carbons (Fsp3) is 0.478. The molecule has 0 N–H and O–H groups in total. The Morgan fingerprint density at radius 1 is 0.821 bits per heavy atom. The standard InChI is InChI=1S/C23H30N4O/c1-19-7-6-8-20(17-19)25-13-15-26(16-14-25)21-9-10-22(24-18-21)23(28)27-11-4-2-3-5-12-27/h6-10,17-18H,2-5,11-16H2,1H3. The van der Waals surface area contributed by atoms with Crippen LogP contribution in [0.5, 0.6) is 0 Å². The maximum absolute atomic E-state index is 12.7. The van der Waals surface area contributed by atoms with Crippen LogP contribution in [-0.4, -0.2) is 55.1 Å². The Morgan fingerprint density at radius 3 is 2.11 bits per heavy atom. The number of anilines is 2. The molecule has 1 amide bonds. The second kappa shape index (κ2) is 8.63. The maximum atomic E-state index is 12.7. The summed E-state index contributed by atoms with van der Waals surface area (Å²) in [5, 5.41) is 0. The van der Waals surface area contributed by atoms with Gasteiger partial charge in [-0.3, -0.25) is 4.79 Å². The fourth-order valence-corrected chi connectivity index (χ4v) is 4.18. The minimum absolute atomic E-state index is 0.0812. The van der Waals surface area contributed by atoms with Crippen LogP contribution in [0.3, 0.4) is 0 Å². The predicted octanol–water partition coefficient (Wildman–Crippen LogP) is 3.73. The number of aryl methyl sites for hydroxylation is 1. The highest BCUT2D eigenvalue weighted by molar-refractivity contribution is 5.92. The minimum atomic E-state index is 0.0812. The Hall–Kier alpha value is -2.56. The number of likely N-dealkylation sites (tertiary alicyclic amines) is 1. The molecule has 1 aromatic heterocycles. The number of nitrogens with zero attached hydrogens (tertiary/aromatic N) is 4. The van der Waals surface area contributed by atoms with Crippen LogP contribution in [0.15, 0.2) is 42.6 Å². The van der Waals surface area contributed by atoms with Crippen molar-refractivity contribution in [2.24, 2.45) is 0 Å². The first-order chi connectivity index (χ1) is 13.7. The number of hydrogen-bond donors (Lipinski definition) is 0. The molecule has 1 aromatic carbocycles. The molecule has 0 bridgehead atoms. The van der Waals surface area contributed by atoms with E-state index < -0.39 is 0 Å². The topological polar surface area (TPSA) is 39.7 Å². The van der Waals surface area contributed by atoms with Gasteiger partial charge in [0.2, 0.25) is 0 Å². The SMILES string of the molecule is Cc1cccc(N2CCN(c3ccc(C(=O)N4CCCCCC4)nc3)CC2)c1. The largest absolute Gasteiger partial charge is 0.368 e. The van der Waals surface area contributed by atoms with E-state index in [1.165, 1.54) is 24.1 Å². The third-order valence-corrected chi connectivity index (χ3v) is 5.87. The lowest BCUT2D eigenvalue weighted by atomic mass is 10.2. The van der Waals surface area contributed by atoms with Crippen molar-refractivity contribution in [2.45, 2.75) is 32.6 Å². The lowest BCUT2D eigenvalue weighted by Crippen LogP contribution is -2.46. The summed E-state index contributed by atoms with van der Waals surface area (Å²) in [7, 11) is 0. The Labute approximate surface area is 168 Å². The number of rotatable bonds is 3. The molecule has 0 atom stereocenters. The van der Waals surface area contributed by atoms with Gasteiger partial charge >= 0.3 is 0 Å². The first kappa shape index (κ1) is 18.8. The van der Waals surface area contributed by atoms with Crippen LogP contribution in [0.2, 0.25) is 0 Å².